The summed E-state index contributed by atoms with van der Waals surface area (Å²) in [5.74, 6) is -9.29. The smallest absolute Gasteiger partial charge is 0.337 e. The van der Waals surface area contributed by atoms with Crippen molar-refractivity contribution in [2.75, 3.05) is 0 Å². The van der Waals surface area contributed by atoms with Gasteiger partial charge in [0.05, 0.1) is 12.7 Å². The number of hydrogen-bond acceptors (Lipinski definition) is 6. The Morgan fingerprint density at radius 2 is 1.69 bits per heavy atom. The summed E-state index contributed by atoms with van der Waals surface area (Å²) < 4.78 is 10.7. The van der Waals surface area contributed by atoms with Crippen molar-refractivity contribution in [1.29, 1.82) is 0 Å². The third-order valence-electron chi connectivity index (χ3n) is 5.54. The number of ketones is 1. The highest BCUT2D eigenvalue weighted by molar-refractivity contribution is 6.04. The van der Waals surface area contributed by atoms with E-state index in [1.165, 1.54) is 19.1 Å². The van der Waals surface area contributed by atoms with E-state index >= 15 is 0 Å². The lowest BCUT2D eigenvalue weighted by atomic mass is 9.83. The topological polar surface area (TPSA) is 147 Å². The van der Waals surface area contributed by atoms with Gasteiger partial charge < -0.3 is 24.8 Å². The zero-order valence-corrected chi connectivity index (χ0v) is 16.5. The molecule has 2 heterocycles. The quantitative estimate of drug-likeness (QED) is 0.411. The van der Waals surface area contributed by atoms with Crippen LogP contribution in [-0.2, 0) is 28.7 Å². The Balaban J connectivity index is 2.04. The van der Waals surface area contributed by atoms with Gasteiger partial charge in [0.1, 0.15) is 5.92 Å². The van der Waals surface area contributed by atoms with E-state index in [0.717, 1.165) is 32.1 Å². The van der Waals surface area contributed by atoms with Gasteiger partial charge in [-0.25, -0.2) is 4.79 Å². The molecule has 0 amide bonds. The fraction of sp³-hybridized carbons (Fsp3) is 0.700. The van der Waals surface area contributed by atoms with Crippen LogP contribution in [-0.4, -0.2) is 50.4 Å². The molecule has 0 saturated carbocycles. The molecule has 1 saturated heterocycles. The van der Waals surface area contributed by atoms with E-state index in [4.69, 9.17) is 14.6 Å². The summed E-state index contributed by atoms with van der Waals surface area (Å²) >= 11 is 0. The van der Waals surface area contributed by atoms with Crippen molar-refractivity contribution in [3.05, 3.63) is 11.8 Å². The van der Waals surface area contributed by atoms with E-state index in [2.05, 4.69) is 6.92 Å². The third kappa shape index (κ3) is 4.77. The molecule has 1 spiro atoms. The Morgan fingerprint density at radius 3 is 2.24 bits per heavy atom. The average molecular weight is 412 g/mol. The van der Waals surface area contributed by atoms with Gasteiger partial charge in [-0.1, -0.05) is 45.4 Å². The second-order valence-electron chi connectivity index (χ2n) is 7.68. The standard InChI is InChI=1S/C20H28O9/c1-2-3-4-5-6-7-8-9-13-12-28-20(16(13)23)10-14(17(24)25)19(29-20,18(26)27)11-15(21)22/h12,14H,2-11H2,1H3,(H,21,22)(H,24,25)(H,26,27)/t14-,19-,20+/m0/s1. The third-order valence-corrected chi connectivity index (χ3v) is 5.54. The first-order chi connectivity index (χ1) is 13.7. The zero-order chi connectivity index (χ0) is 21.7. The number of carbonyl (C=O) groups excluding carboxylic acids is 1. The number of ether oxygens (including phenoxy) is 2. The summed E-state index contributed by atoms with van der Waals surface area (Å²) in [5, 5.41) is 28.1. The minimum Gasteiger partial charge on any atom is -0.481 e. The molecule has 0 unspecified atom stereocenters. The fourth-order valence-corrected chi connectivity index (χ4v) is 3.95. The summed E-state index contributed by atoms with van der Waals surface area (Å²) in [6.07, 6.45) is 7.33. The number of aliphatic carboxylic acids is 3. The van der Waals surface area contributed by atoms with E-state index in [0.29, 0.717) is 12.0 Å². The molecule has 3 N–H and O–H groups in total. The summed E-state index contributed by atoms with van der Waals surface area (Å²) in [4.78, 5) is 47.4. The Labute approximate surface area is 168 Å². The lowest BCUT2D eigenvalue weighted by Gasteiger charge is -2.28. The minimum absolute atomic E-state index is 0.305. The van der Waals surface area contributed by atoms with Gasteiger partial charge in [-0.05, 0) is 12.8 Å². The first-order valence-corrected chi connectivity index (χ1v) is 9.98. The molecule has 29 heavy (non-hydrogen) atoms. The van der Waals surface area contributed by atoms with Gasteiger partial charge in [0.15, 0.2) is 5.60 Å². The van der Waals surface area contributed by atoms with Crippen LogP contribution in [0.4, 0.5) is 0 Å². The van der Waals surface area contributed by atoms with Gasteiger partial charge in [0, 0.05) is 12.0 Å². The maximum Gasteiger partial charge on any atom is 0.337 e. The number of Topliss-reactive ketones (excluding diaryl/α,β-unsaturated/α-hetero) is 1. The maximum atomic E-state index is 12.8. The Bertz CT molecular complexity index is 698. The van der Waals surface area contributed by atoms with Gasteiger partial charge >= 0.3 is 17.9 Å². The number of carbonyl (C=O) groups is 4. The van der Waals surface area contributed by atoms with Crippen molar-refractivity contribution in [3.8, 4) is 0 Å². The van der Waals surface area contributed by atoms with Crippen LogP contribution in [0.1, 0.15) is 71.1 Å². The van der Waals surface area contributed by atoms with Crippen LogP contribution in [0.3, 0.4) is 0 Å². The van der Waals surface area contributed by atoms with E-state index < -0.39 is 53.8 Å². The molecular formula is C20H28O9. The van der Waals surface area contributed by atoms with Crippen LogP contribution in [0, 0.1) is 5.92 Å². The molecule has 0 bridgehead atoms. The van der Waals surface area contributed by atoms with Crippen molar-refractivity contribution in [1.82, 2.24) is 0 Å². The lowest BCUT2D eigenvalue weighted by molar-refractivity contribution is -0.224. The Hall–Kier alpha value is -2.42. The van der Waals surface area contributed by atoms with E-state index in [9.17, 15) is 29.4 Å². The Kier molecular flexibility index (Phi) is 7.40. The molecule has 0 aromatic carbocycles. The normalized spacial score (nSPS) is 28.4. The van der Waals surface area contributed by atoms with Gasteiger partial charge in [0.25, 0.3) is 5.79 Å². The maximum absolute atomic E-state index is 12.8. The van der Waals surface area contributed by atoms with Gasteiger partial charge in [-0.2, -0.15) is 0 Å². The van der Waals surface area contributed by atoms with Crippen molar-refractivity contribution in [3.63, 3.8) is 0 Å². The summed E-state index contributed by atoms with van der Waals surface area (Å²) in [6.45, 7) is 2.14. The molecule has 1 fully saturated rings. The van der Waals surface area contributed by atoms with Gasteiger partial charge in [0.2, 0.25) is 5.78 Å². The SMILES string of the molecule is CCCCCCCCCC1=CO[C@@]2(C[C@@H](C(=O)O)[C@@](CC(=O)O)(C(=O)O)O2)C1=O. The predicted molar refractivity (Wildman–Crippen MR) is 99.0 cm³/mol. The predicted octanol–water partition coefficient (Wildman–Crippen LogP) is 2.73. The molecule has 2 aliphatic heterocycles. The average Bonchev–Trinajstić information content (AvgIpc) is 3.13. The van der Waals surface area contributed by atoms with Crippen LogP contribution in [0.15, 0.2) is 11.8 Å². The van der Waals surface area contributed by atoms with Crippen molar-refractivity contribution in [2.24, 2.45) is 5.92 Å². The zero-order valence-electron chi connectivity index (χ0n) is 16.5. The molecule has 2 rings (SSSR count). The minimum atomic E-state index is -2.57. The van der Waals surface area contributed by atoms with Gasteiger partial charge in [-0.3, -0.25) is 14.4 Å². The van der Waals surface area contributed by atoms with E-state index in [-0.39, 0.29) is 0 Å². The molecule has 0 aromatic rings. The fourth-order valence-electron chi connectivity index (χ4n) is 3.95. The molecular weight excluding hydrogens is 384 g/mol. The molecule has 162 valence electrons. The largest absolute Gasteiger partial charge is 0.481 e. The van der Waals surface area contributed by atoms with Crippen molar-refractivity contribution < 1.29 is 44.0 Å². The molecule has 9 nitrogen and oxygen atoms in total. The van der Waals surface area contributed by atoms with Crippen LogP contribution >= 0.6 is 0 Å². The molecule has 9 heteroatoms. The molecule has 3 atom stereocenters. The van der Waals surface area contributed by atoms with Crippen LogP contribution in [0.5, 0.6) is 0 Å². The van der Waals surface area contributed by atoms with Crippen LogP contribution in [0.2, 0.25) is 0 Å². The first-order valence-electron chi connectivity index (χ1n) is 9.98. The number of carboxylic acid groups (broad SMARTS) is 3. The first kappa shape index (κ1) is 22.9. The summed E-state index contributed by atoms with van der Waals surface area (Å²) in [6, 6.07) is 0. The number of rotatable bonds is 12. The van der Waals surface area contributed by atoms with Crippen LogP contribution in [0.25, 0.3) is 0 Å². The van der Waals surface area contributed by atoms with Gasteiger partial charge in [-0.15, -0.1) is 0 Å². The molecule has 0 aliphatic carbocycles. The van der Waals surface area contributed by atoms with Crippen molar-refractivity contribution >= 4 is 23.7 Å². The monoisotopic (exact) mass is 412 g/mol. The van der Waals surface area contributed by atoms with Crippen molar-refractivity contribution in [2.45, 2.75) is 82.5 Å². The highest BCUT2D eigenvalue weighted by Gasteiger charge is 2.69. The summed E-state index contributed by atoms with van der Waals surface area (Å²) in [7, 11) is 0. The second kappa shape index (κ2) is 9.39. The van der Waals surface area contributed by atoms with Crippen LogP contribution < -0.4 is 0 Å². The highest BCUT2D eigenvalue weighted by atomic mass is 16.7. The summed E-state index contributed by atoms with van der Waals surface area (Å²) in [5.41, 5.74) is -2.27. The number of carboxylic acids is 3. The highest BCUT2D eigenvalue weighted by Crippen LogP contribution is 2.49. The molecule has 0 aromatic heterocycles. The van der Waals surface area contributed by atoms with E-state index in [1.807, 2.05) is 0 Å². The molecule has 2 aliphatic rings. The number of hydrogen-bond donors (Lipinski definition) is 3. The lowest BCUT2D eigenvalue weighted by Crippen LogP contribution is -2.50. The second-order valence-corrected chi connectivity index (χ2v) is 7.68. The number of unbranched alkanes of at least 4 members (excludes halogenated alkanes) is 6. The Morgan fingerprint density at radius 1 is 1.07 bits per heavy atom. The molecule has 0 radical (unpaired) electrons. The van der Waals surface area contributed by atoms with E-state index in [1.54, 1.807) is 0 Å².